The highest BCUT2D eigenvalue weighted by molar-refractivity contribution is 6.31. The maximum atomic E-state index is 12.5. The number of phenols is 1. The first kappa shape index (κ1) is 20.9. The molecule has 0 aromatic heterocycles. The molecule has 3 aromatic rings. The number of nitrogens with one attached hydrogen (secondary N) is 2. The van der Waals surface area contributed by atoms with E-state index in [0.717, 1.165) is 16.7 Å². The molecule has 1 heterocycles. The minimum Gasteiger partial charge on any atom is -0.504 e. The van der Waals surface area contributed by atoms with Gasteiger partial charge in [0.1, 0.15) is 0 Å². The van der Waals surface area contributed by atoms with Crippen molar-refractivity contribution in [3.63, 3.8) is 0 Å². The second kappa shape index (κ2) is 9.22. The van der Waals surface area contributed by atoms with Crippen LogP contribution in [0.4, 0.5) is 0 Å². The van der Waals surface area contributed by atoms with Crippen LogP contribution in [0.3, 0.4) is 0 Å². The molecule has 2 amide bonds. The van der Waals surface area contributed by atoms with Gasteiger partial charge < -0.3 is 15.2 Å². The average molecular weight is 426 g/mol. The van der Waals surface area contributed by atoms with Gasteiger partial charge in [-0.2, -0.15) is 0 Å². The molecule has 6 nitrogen and oxygen atoms in total. The lowest BCUT2D eigenvalue weighted by Crippen LogP contribution is -2.37. The molecule has 1 aliphatic rings. The third-order valence-corrected chi connectivity index (χ3v) is 5.11. The summed E-state index contributed by atoms with van der Waals surface area (Å²) in [4.78, 5) is 24.8. The summed E-state index contributed by atoms with van der Waals surface area (Å²) in [5.74, 6) is -0.444. The fourth-order valence-corrected chi connectivity index (χ4v) is 3.46. The Morgan fingerprint density at radius 3 is 2.44 bits per heavy atom. The van der Waals surface area contributed by atoms with E-state index in [4.69, 9.17) is 4.74 Å². The van der Waals surface area contributed by atoms with E-state index >= 15 is 0 Å². The summed E-state index contributed by atoms with van der Waals surface area (Å²) in [5, 5.41) is 15.4. The van der Waals surface area contributed by atoms with Crippen LogP contribution in [0, 0.1) is 0 Å². The standard InChI is InChI=1S/C26H22N2O4/c1-32-24-12-10-19(14-23(24)29)15-27-16-22-21-13-18(8-7-17-5-3-2-4-6-17)9-11-20(21)25(30)28-26(22)31/h2-14,16,27,29H,15H2,1H3,(H,28,30,31). The van der Waals surface area contributed by atoms with Crippen LogP contribution in [0.25, 0.3) is 17.7 Å². The van der Waals surface area contributed by atoms with Gasteiger partial charge in [-0.25, -0.2) is 0 Å². The number of aromatic hydroxyl groups is 1. The van der Waals surface area contributed by atoms with Crippen molar-refractivity contribution in [2.24, 2.45) is 0 Å². The summed E-state index contributed by atoms with van der Waals surface area (Å²) in [6.45, 7) is 0.380. The van der Waals surface area contributed by atoms with Gasteiger partial charge in [0.15, 0.2) is 11.5 Å². The Labute approximate surface area is 185 Å². The minimum absolute atomic E-state index is 0.0423. The number of phenolic OH excluding ortho intramolecular Hbond substituents is 1. The van der Waals surface area contributed by atoms with E-state index in [9.17, 15) is 14.7 Å². The average Bonchev–Trinajstić information content (AvgIpc) is 2.80. The molecule has 0 radical (unpaired) electrons. The molecule has 3 aromatic carbocycles. The number of hydrogen-bond donors (Lipinski definition) is 3. The van der Waals surface area contributed by atoms with Crippen LogP contribution >= 0.6 is 0 Å². The molecule has 0 saturated carbocycles. The van der Waals surface area contributed by atoms with Crippen LogP contribution in [0.15, 0.2) is 72.9 Å². The quantitative estimate of drug-likeness (QED) is 0.315. The molecule has 6 heteroatoms. The SMILES string of the molecule is COc1ccc(CNC=C2C(=O)NC(=O)c3ccc(C=Cc4ccccc4)cc32)cc1O. The molecule has 0 spiro atoms. The lowest BCUT2D eigenvalue weighted by Gasteiger charge is -2.19. The Bertz CT molecular complexity index is 1230. The summed E-state index contributed by atoms with van der Waals surface area (Å²) in [6.07, 6.45) is 5.51. The first-order valence-electron chi connectivity index (χ1n) is 10.1. The monoisotopic (exact) mass is 426 g/mol. The third kappa shape index (κ3) is 4.54. The molecule has 0 aliphatic carbocycles. The summed E-state index contributed by atoms with van der Waals surface area (Å²) >= 11 is 0. The second-order valence-electron chi connectivity index (χ2n) is 7.28. The number of methoxy groups -OCH3 is 1. The molecular weight excluding hydrogens is 404 g/mol. The maximum absolute atomic E-state index is 12.5. The summed E-state index contributed by atoms with van der Waals surface area (Å²) in [7, 11) is 1.49. The number of rotatable bonds is 6. The molecule has 0 fully saturated rings. The van der Waals surface area contributed by atoms with Crippen LogP contribution in [-0.2, 0) is 11.3 Å². The van der Waals surface area contributed by atoms with E-state index in [2.05, 4.69) is 10.6 Å². The topological polar surface area (TPSA) is 87.7 Å². The van der Waals surface area contributed by atoms with Crippen molar-refractivity contribution >= 4 is 29.5 Å². The maximum Gasteiger partial charge on any atom is 0.260 e. The van der Waals surface area contributed by atoms with Gasteiger partial charge in [0.25, 0.3) is 11.8 Å². The fraction of sp³-hybridized carbons (Fsp3) is 0.0769. The molecule has 4 rings (SSSR count). The Kier molecular flexibility index (Phi) is 6.03. The molecule has 0 atom stereocenters. The molecule has 0 bridgehead atoms. The lowest BCUT2D eigenvalue weighted by molar-refractivity contribution is -0.114. The third-order valence-electron chi connectivity index (χ3n) is 5.11. The largest absolute Gasteiger partial charge is 0.504 e. The fourth-order valence-electron chi connectivity index (χ4n) is 3.46. The smallest absolute Gasteiger partial charge is 0.260 e. The molecule has 32 heavy (non-hydrogen) atoms. The highest BCUT2D eigenvalue weighted by atomic mass is 16.5. The van der Waals surface area contributed by atoms with Gasteiger partial charge in [0.2, 0.25) is 0 Å². The zero-order valence-electron chi connectivity index (χ0n) is 17.5. The van der Waals surface area contributed by atoms with E-state index in [1.54, 1.807) is 24.4 Å². The van der Waals surface area contributed by atoms with Crippen LogP contribution in [0.1, 0.15) is 32.6 Å². The van der Waals surface area contributed by atoms with Gasteiger partial charge >= 0.3 is 0 Å². The van der Waals surface area contributed by atoms with Gasteiger partial charge in [-0.15, -0.1) is 0 Å². The van der Waals surface area contributed by atoms with Gasteiger partial charge in [0.05, 0.1) is 12.7 Å². The van der Waals surface area contributed by atoms with Crippen molar-refractivity contribution in [1.82, 2.24) is 10.6 Å². The van der Waals surface area contributed by atoms with Crippen LogP contribution in [-0.4, -0.2) is 24.0 Å². The number of amides is 2. The van der Waals surface area contributed by atoms with Crippen molar-refractivity contribution in [1.29, 1.82) is 0 Å². The van der Waals surface area contributed by atoms with Gasteiger partial charge in [-0.05, 0) is 41.0 Å². The van der Waals surface area contributed by atoms with E-state index in [0.29, 0.717) is 29.0 Å². The van der Waals surface area contributed by atoms with Crippen LogP contribution in [0.2, 0.25) is 0 Å². The van der Waals surface area contributed by atoms with Crippen molar-refractivity contribution in [2.75, 3.05) is 7.11 Å². The Hall–Kier alpha value is -4.32. The van der Waals surface area contributed by atoms with E-state index in [1.165, 1.54) is 7.11 Å². The molecule has 0 saturated heterocycles. The van der Waals surface area contributed by atoms with Gasteiger partial charge in [-0.1, -0.05) is 54.6 Å². The van der Waals surface area contributed by atoms with Gasteiger partial charge in [-0.3, -0.25) is 14.9 Å². The van der Waals surface area contributed by atoms with E-state index in [-0.39, 0.29) is 5.75 Å². The van der Waals surface area contributed by atoms with Gasteiger partial charge in [0, 0.05) is 23.9 Å². The van der Waals surface area contributed by atoms with Crippen LogP contribution in [0.5, 0.6) is 11.5 Å². The molecule has 0 unspecified atom stereocenters. The Morgan fingerprint density at radius 1 is 0.906 bits per heavy atom. The number of hydrogen-bond acceptors (Lipinski definition) is 5. The number of carbonyl (C=O) groups is 2. The zero-order valence-corrected chi connectivity index (χ0v) is 17.5. The van der Waals surface area contributed by atoms with Crippen molar-refractivity contribution in [3.05, 3.63) is 101 Å². The predicted molar refractivity (Wildman–Crippen MR) is 124 cm³/mol. The van der Waals surface area contributed by atoms with E-state index in [1.807, 2.05) is 60.7 Å². The first-order chi connectivity index (χ1) is 15.5. The number of imide groups is 1. The number of fused-ring (bicyclic) bond motifs is 1. The highest BCUT2D eigenvalue weighted by Gasteiger charge is 2.27. The Morgan fingerprint density at radius 2 is 1.69 bits per heavy atom. The number of carbonyl (C=O) groups excluding carboxylic acids is 2. The predicted octanol–water partition coefficient (Wildman–Crippen LogP) is 3.97. The normalized spacial score (nSPS) is 14.3. The summed E-state index contributed by atoms with van der Waals surface area (Å²) in [6, 6.07) is 20.4. The highest BCUT2D eigenvalue weighted by Crippen LogP contribution is 2.27. The number of ether oxygens (including phenoxy) is 1. The van der Waals surface area contributed by atoms with Crippen molar-refractivity contribution in [2.45, 2.75) is 6.54 Å². The first-order valence-corrected chi connectivity index (χ1v) is 10.1. The lowest BCUT2D eigenvalue weighted by atomic mass is 9.93. The second-order valence-corrected chi connectivity index (χ2v) is 7.28. The summed E-state index contributed by atoms with van der Waals surface area (Å²) in [5.41, 5.74) is 4.12. The summed E-state index contributed by atoms with van der Waals surface area (Å²) < 4.78 is 5.05. The van der Waals surface area contributed by atoms with E-state index < -0.39 is 11.8 Å². The number of benzene rings is 3. The Balaban J connectivity index is 1.58. The van der Waals surface area contributed by atoms with Crippen LogP contribution < -0.4 is 15.4 Å². The van der Waals surface area contributed by atoms with Crippen molar-refractivity contribution in [3.8, 4) is 11.5 Å². The van der Waals surface area contributed by atoms with Crippen molar-refractivity contribution < 1.29 is 19.4 Å². The molecule has 3 N–H and O–H groups in total. The molecule has 1 aliphatic heterocycles. The molecule has 160 valence electrons. The molecular formula is C26H22N2O4. The minimum atomic E-state index is -0.461. The zero-order chi connectivity index (χ0) is 22.5.